The largest absolute Gasteiger partial charge is 0.490 e. The Morgan fingerprint density at radius 2 is 1.68 bits per heavy atom. The van der Waals surface area contributed by atoms with E-state index in [1.165, 1.54) is 0 Å². The molecule has 1 aliphatic carbocycles. The molecule has 3 nitrogen and oxygen atoms in total. The van der Waals surface area contributed by atoms with Crippen LogP contribution in [0.2, 0.25) is 0 Å². The van der Waals surface area contributed by atoms with Crippen LogP contribution in [-0.4, -0.2) is 25.2 Å². The molecule has 1 aliphatic rings. The van der Waals surface area contributed by atoms with Crippen molar-refractivity contribution in [3.8, 4) is 5.75 Å². The smallest absolute Gasteiger partial charge is 0.391 e. The third-order valence-electron chi connectivity index (χ3n) is 4.74. The lowest BCUT2D eigenvalue weighted by molar-refractivity contribution is -0.185. The number of carbonyl (C=O) groups is 1. The van der Waals surface area contributed by atoms with Gasteiger partial charge >= 0.3 is 6.18 Å². The third-order valence-corrected chi connectivity index (χ3v) is 4.74. The number of rotatable bonds is 3. The second kappa shape index (κ2) is 6.94. The van der Waals surface area contributed by atoms with Crippen molar-refractivity contribution in [2.24, 2.45) is 5.92 Å². The van der Waals surface area contributed by atoms with Crippen LogP contribution in [0.15, 0.2) is 36.4 Å². The summed E-state index contributed by atoms with van der Waals surface area (Å²) in [5.74, 6) is -0.702. The van der Waals surface area contributed by atoms with Crippen molar-refractivity contribution >= 4 is 16.7 Å². The van der Waals surface area contributed by atoms with Crippen molar-refractivity contribution in [3.05, 3.63) is 42.0 Å². The van der Waals surface area contributed by atoms with Crippen LogP contribution in [0.1, 0.15) is 36.0 Å². The van der Waals surface area contributed by atoms with E-state index in [-0.39, 0.29) is 24.9 Å². The van der Waals surface area contributed by atoms with E-state index in [9.17, 15) is 18.0 Å². The number of fused-ring (bicyclic) bond motifs is 1. The molecular weight excluding hydrogens is 331 g/mol. The van der Waals surface area contributed by atoms with Crippen LogP contribution in [0.4, 0.5) is 13.2 Å². The number of amides is 1. The summed E-state index contributed by atoms with van der Waals surface area (Å²) < 4.78 is 44.0. The fourth-order valence-electron chi connectivity index (χ4n) is 3.28. The first-order chi connectivity index (χ1) is 11.9. The maximum Gasteiger partial charge on any atom is 0.391 e. The van der Waals surface area contributed by atoms with Gasteiger partial charge in [-0.3, -0.25) is 4.79 Å². The van der Waals surface area contributed by atoms with Crippen LogP contribution in [0.3, 0.4) is 0 Å². The number of benzene rings is 2. The van der Waals surface area contributed by atoms with Gasteiger partial charge in [0, 0.05) is 12.6 Å². The number of halogens is 3. The van der Waals surface area contributed by atoms with E-state index in [4.69, 9.17) is 4.74 Å². The van der Waals surface area contributed by atoms with Gasteiger partial charge in [-0.1, -0.05) is 12.1 Å². The molecule has 25 heavy (non-hydrogen) atoms. The summed E-state index contributed by atoms with van der Waals surface area (Å²) >= 11 is 0. The second-order valence-corrected chi connectivity index (χ2v) is 6.44. The molecule has 0 bridgehead atoms. The topological polar surface area (TPSA) is 38.3 Å². The van der Waals surface area contributed by atoms with Gasteiger partial charge in [-0.05, 0) is 60.7 Å². The van der Waals surface area contributed by atoms with Gasteiger partial charge in [-0.15, -0.1) is 0 Å². The lowest BCUT2D eigenvalue weighted by Gasteiger charge is -2.30. The normalized spacial score (nSPS) is 21.1. The number of alkyl halides is 3. The zero-order valence-electron chi connectivity index (χ0n) is 13.9. The highest BCUT2D eigenvalue weighted by Crippen LogP contribution is 2.38. The Labute approximate surface area is 144 Å². The highest BCUT2D eigenvalue weighted by atomic mass is 19.4. The van der Waals surface area contributed by atoms with Gasteiger partial charge in [0.2, 0.25) is 0 Å². The molecule has 0 spiro atoms. The molecule has 0 aromatic heterocycles. The molecule has 0 unspecified atom stereocenters. The van der Waals surface area contributed by atoms with E-state index in [1.54, 1.807) is 25.2 Å². The summed E-state index contributed by atoms with van der Waals surface area (Å²) in [6.45, 7) is 0. The lowest BCUT2D eigenvalue weighted by Crippen LogP contribution is -2.31. The Bertz CT molecular complexity index is 765. The molecule has 0 atom stereocenters. The number of nitrogens with one attached hydrogen (secondary N) is 1. The van der Waals surface area contributed by atoms with E-state index in [0.29, 0.717) is 24.2 Å². The first kappa shape index (κ1) is 17.6. The standard InChI is InChI=1S/C19H20F3NO2/c1-23-18(24)14-3-2-13-11-17(7-4-12(13)10-14)25-16-8-5-15(6-9-16)19(20,21)22/h2-4,7,10-11,15-16H,5-6,8-9H2,1H3,(H,23,24). The summed E-state index contributed by atoms with van der Waals surface area (Å²) in [5, 5.41) is 4.42. The molecule has 1 saturated carbocycles. The zero-order chi connectivity index (χ0) is 18.0. The number of carbonyl (C=O) groups excluding carboxylic acids is 1. The monoisotopic (exact) mass is 351 g/mol. The Balaban J connectivity index is 1.68. The minimum atomic E-state index is -4.10. The Morgan fingerprint density at radius 1 is 1.04 bits per heavy atom. The molecule has 0 heterocycles. The van der Waals surface area contributed by atoms with Crippen molar-refractivity contribution in [1.29, 1.82) is 0 Å². The van der Waals surface area contributed by atoms with Crippen LogP contribution in [0, 0.1) is 5.92 Å². The van der Waals surface area contributed by atoms with Crippen LogP contribution < -0.4 is 10.1 Å². The van der Waals surface area contributed by atoms with Crippen molar-refractivity contribution in [3.63, 3.8) is 0 Å². The predicted octanol–water partition coefficient (Wildman–Crippen LogP) is 4.70. The highest BCUT2D eigenvalue weighted by molar-refractivity contribution is 5.98. The van der Waals surface area contributed by atoms with Crippen LogP contribution in [0.5, 0.6) is 5.75 Å². The quantitative estimate of drug-likeness (QED) is 0.870. The van der Waals surface area contributed by atoms with Crippen molar-refractivity contribution < 1.29 is 22.7 Å². The summed E-state index contributed by atoms with van der Waals surface area (Å²) in [6.07, 6.45) is -3.21. The fourth-order valence-corrected chi connectivity index (χ4v) is 3.28. The zero-order valence-corrected chi connectivity index (χ0v) is 13.9. The average molecular weight is 351 g/mol. The van der Waals surface area contributed by atoms with Gasteiger partial charge in [0.25, 0.3) is 5.91 Å². The molecular formula is C19H20F3NO2. The van der Waals surface area contributed by atoms with E-state index < -0.39 is 12.1 Å². The summed E-state index contributed by atoms with van der Waals surface area (Å²) in [5.41, 5.74) is 0.578. The van der Waals surface area contributed by atoms with E-state index in [1.807, 2.05) is 18.2 Å². The minimum absolute atomic E-state index is 0.122. The van der Waals surface area contributed by atoms with Gasteiger partial charge in [0.1, 0.15) is 5.75 Å². The molecule has 0 saturated heterocycles. The van der Waals surface area contributed by atoms with E-state index in [0.717, 1.165) is 10.8 Å². The average Bonchev–Trinajstić information content (AvgIpc) is 2.60. The molecule has 2 aromatic rings. The van der Waals surface area contributed by atoms with Crippen LogP contribution in [0.25, 0.3) is 10.8 Å². The number of hydrogen-bond donors (Lipinski definition) is 1. The van der Waals surface area contributed by atoms with Crippen LogP contribution >= 0.6 is 0 Å². The van der Waals surface area contributed by atoms with Crippen molar-refractivity contribution in [1.82, 2.24) is 5.32 Å². The molecule has 3 rings (SSSR count). The molecule has 134 valence electrons. The van der Waals surface area contributed by atoms with Crippen LogP contribution in [-0.2, 0) is 0 Å². The Hall–Kier alpha value is -2.24. The Morgan fingerprint density at radius 3 is 2.32 bits per heavy atom. The summed E-state index contributed by atoms with van der Waals surface area (Å²) in [6, 6.07) is 10.9. The molecule has 1 fully saturated rings. The molecule has 0 radical (unpaired) electrons. The van der Waals surface area contributed by atoms with E-state index >= 15 is 0 Å². The Kier molecular flexibility index (Phi) is 4.88. The van der Waals surface area contributed by atoms with Crippen molar-refractivity contribution in [2.75, 3.05) is 7.05 Å². The summed E-state index contributed by atoms with van der Waals surface area (Å²) in [4.78, 5) is 11.7. The molecule has 6 heteroatoms. The first-order valence-electron chi connectivity index (χ1n) is 8.36. The van der Waals surface area contributed by atoms with Gasteiger partial charge in [-0.25, -0.2) is 0 Å². The fraction of sp³-hybridized carbons (Fsp3) is 0.421. The second-order valence-electron chi connectivity index (χ2n) is 6.44. The lowest BCUT2D eigenvalue weighted by atomic mass is 9.87. The number of hydrogen-bond acceptors (Lipinski definition) is 2. The SMILES string of the molecule is CNC(=O)c1ccc2cc(OC3CCC(C(F)(F)F)CC3)ccc2c1. The van der Waals surface area contributed by atoms with Gasteiger partial charge in [0.05, 0.1) is 12.0 Å². The minimum Gasteiger partial charge on any atom is -0.490 e. The van der Waals surface area contributed by atoms with Gasteiger partial charge in [-0.2, -0.15) is 13.2 Å². The maximum absolute atomic E-state index is 12.7. The third kappa shape index (κ3) is 4.06. The molecule has 2 aromatic carbocycles. The van der Waals surface area contributed by atoms with Gasteiger partial charge < -0.3 is 10.1 Å². The highest BCUT2D eigenvalue weighted by Gasteiger charge is 2.41. The van der Waals surface area contributed by atoms with E-state index in [2.05, 4.69) is 5.32 Å². The maximum atomic E-state index is 12.7. The molecule has 1 amide bonds. The molecule has 1 N–H and O–H groups in total. The van der Waals surface area contributed by atoms with Crippen molar-refractivity contribution in [2.45, 2.75) is 38.0 Å². The molecule has 0 aliphatic heterocycles. The first-order valence-corrected chi connectivity index (χ1v) is 8.36. The van der Waals surface area contributed by atoms with Gasteiger partial charge in [0.15, 0.2) is 0 Å². The summed E-state index contributed by atoms with van der Waals surface area (Å²) in [7, 11) is 1.58. The predicted molar refractivity (Wildman–Crippen MR) is 89.8 cm³/mol. The number of ether oxygens (including phenoxy) is 1.